The highest BCUT2D eigenvalue weighted by molar-refractivity contribution is 6.39. The first-order valence-electron chi connectivity index (χ1n) is 4.94. The number of nitrogens with two attached hydrogens (primary N) is 1. The number of carboxylic acids is 1. The molecule has 1 aromatic heterocycles. The molecular weight excluding hydrogens is 275 g/mol. The Bertz CT molecular complexity index is 609. The first kappa shape index (κ1) is 12.7. The van der Waals surface area contributed by atoms with Crippen LogP contribution in [0.5, 0.6) is 0 Å². The van der Waals surface area contributed by atoms with Gasteiger partial charge in [-0.25, -0.2) is 9.78 Å². The van der Waals surface area contributed by atoms with E-state index in [4.69, 9.17) is 34.0 Å². The van der Waals surface area contributed by atoms with Crippen molar-refractivity contribution in [3.8, 4) is 11.1 Å². The molecule has 0 aliphatic rings. The van der Waals surface area contributed by atoms with Crippen LogP contribution in [0.15, 0.2) is 30.5 Å². The van der Waals surface area contributed by atoms with Crippen LogP contribution in [0.2, 0.25) is 10.0 Å². The number of hydrogen-bond donors (Lipinski definition) is 2. The highest BCUT2D eigenvalue weighted by atomic mass is 35.5. The van der Waals surface area contributed by atoms with Crippen LogP contribution in [0.4, 0.5) is 5.82 Å². The largest absolute Gasteiger partial charge is 0.478 e. The van der Waals surface area contributed by atoms with Gasteiger partial charge >= 0.3 is 5.97 Å². The van der Waals surface area contributed by atoms with Crippen LogP contribution < -0.4 is 5.73 Å². The number of pyridine rings is 1. The van der Waals surface area contributed by atoms with Crippen molar-refractivity contribution in [1.82, 2.24) is 4.98 Å². The average molecular weight is 283 g/mol. The van der Waals surface area contributed by atoms with E-state index in [1.807, 2.05) is 0 Å². The maximum Gasteiger partial charge on any atom is 0.337 e. The van der Waals surface area contributed by atoms with Crippen LogP contribution >= 0.6 is 23.2 Å². The second-order valence-corrected chi connectivity index (χ2v) is 4.37. The fraction of sp³-hybridized carbons (Fsp3) is 0. The Balaban J connectivity index is 2.70. The Hall–Kier alpha value is -1.78. The number of nitrogens with zero attached hydrogens (tertiary/aromatic N) is 1. The van der Waals surface area contributed by atoms with Gasteiger partial charge in [-0.05, 0) is 18.2 Å². The van der Waals surface area contributed by atoms with Gasteiger partial charge in [0, 0.05) is 17.3 Å². The number of nitrogen functional groups attached to an aromatic ring is 1. The van der Waals surface area contributed by atoms with E-state index in [9.17, 15) is 4.79 Å². The summed E-state index contributed by atoms with van der Waals surface area (Å²) in [5.41, 5.74) is 6.65. The maximum absolute atomic E-state index is 10.9. The summed E-state index contributed by atoms with van der Waals surface area (Å²) in [5, 5.41) is 9.71. The Morgan fingerprint density at radius 1 is 1.28 bits per heavy atom. The van der Waals surface area contributed by atoms with Crippen LogP contribution in [-0.4, -0.2) is 16.1 Å². The molecule has 3 N–H and O–H groups in total. The van der Waals surface area contributed by atoms with Gasteiger partial charge < -0.3 is 10.8 Å². The van der Waals surface area contributed by atoms with E-state index in [2.05, 4.69) is 4.98 Å². The molecule has 2 rings (SSSR count). The summed E-state index contributed by atoms with van der Waals surface area (Å²) in [6.07, 6.45) is 1.19. The maximum atomic E-state index is 10.9. The fourth-order valence-corrected chi connectivity index (χ4v) is 2.15. The minimum absolute atomic E-state index is 0.0233. The summed E-state index contributed by atoms with van der Waals surface area (Å²) in [7, 11) is 0. The summed E-state index contributed by atoms with van der Waals surface area (Å²) < 4.78 is 0. The number of aromatic nitrogens is 1. The van der Waals surface area contributed by atoms with Gasteiger partial charge in [-0.15, -0.1) is 0 Å². The number of carboxylic acid groups (broad SMARTS) is 1. The zero-order chi connectivity index (χ0) is 13.3. The monoisotopic (exact) mass is 282 g/mol. The van der Waals surface area contributed by atoms with Crippen molar-refractivity contribution in [3.05, 3.63) is 46.1 Å². The number of rotatable bonds is 2. The van der Waals surface area contributed by atoms with Gasteiger partial charge in [-0.2, -0.15) is 0 Å². The van der Waals surface area contributed by atoms with E-state index in [0.29, 0.717) is 21.2 Å². The number of aromatic carboxylic acids is 1. The normalized spacial score (nSPS) is 10.3. The van der Waals surface area contributed by atoms with E-state index >= 15 is 0 Å². The third-order valence-electron chi connectivity index (χ3n) is 2.40. The van der Waals surface area contributed by atoms with E-state index < -0.39 is 5.97 Å². The lowest BCUT2D eigenvalue weighted by Gasteiger charge is -2.09. The Morgan fingerprint density at radius 3 is 2.44 bits per heavy atom. The topological polar surface area (TPSA) is 76.2 Å². The van der Waals surface area contributed by atoms with Crippen molar-refractivity contribution in [1.29, 1.82) is 0 Å². The van der Waals surface area contributed by atoms with E-state index in [1.165, 1.54) is 12.3 Å². The molecule has 6 heteroatoms. The molecule has 0 saturated heterocycles. The van der Waals surface area contributed by atoms with Gasteiger partial charge in [-0.3, -0.25) is 0 Å². The molecule has 92 valence electrons. The fourth-order valence-electron chi connectivity index (χ4n) is 1.55. The third-order valence-corrected chi connectivity index (χ3v) is 3.03. The standard InChI is InChI=1S/C12H8Cl2N2O2/c13-8-2-1-3-9(14)10(8)7-4-6(12(17)18)5-16-11(7)15/h1-5H,(H2,15,16)(H,17,18). The van der Waals surface area contributed by atoms with Crippen LogP contribution in [0.1, 0.15) is 10.4 Å². The number of anilines is 1. The van der Waals surface area contributed by atoms with E-state index in [0.717, 1.165) is 0 Å². The van der Waals surface area contributed by atoms with Crippen LogP contribution in [0.3, 0.4) is 0 Å². The zero-order valence-corrected chi connectivity index (χ0v) is 10.5. The minimum atomic E-state index is -1.09. The lowest BCUT2D eigenvalue weighted by molar-refractivity contribution is 0.0696. The number of benzene rings is 1. The quantitative estimate of drug-likeness (QED) is 0.886. The highest BCUT2D eigenvalue weighted by Gasteiger charge is 2.14. The van der Waals surface area contributed by atoms with Gasteiger partial charge in [0.25, 0.3) is 0 Å². The number of hydrogen-bond acceptors (Lipinski definition) is 3. The lowest BCUT2D eigenvalue weighted by Crippen LogP contribution is -2.02. The average Bonchev–Trinajstić information content (AvgIpc) is 2.30. The number of carbonyl (C=O) groups is 1. The van der Waals surface area contributed by atoms with Crippen LogP contribution in [0.25, 0.3) is 11.1 Å². The zero-order valence-electron chi connectivity index (χ0n) is 9.02. The molecule has 0 aliphatic carbocycles. The molecule has 0 unspecified atom stereocenters. The molecule has 0 saturated carbocycles. The Labute approximate surface area is 113 Å². The Kier molecular flexibility index (Phi) is 3.41. The molecule has 0 spiro atoms. The molecule has 1 heterocycles. The van der Waals surface area contributed by atoms with E-state index in [1.54, 1.807) is 18.2 Å². The molecule has 0 amide bonds. The van der Waals surface area contributed by atoms with Gasteiger partial charge in [0.2, 0.25) is 0 Å². The smallest absolute Gasteiger partial charge is 0.337 e. The molecular formula is C12H8Cl2N2O2. The van der Waals surface area contributed by atoms with Crippen molar-refractivity contribution in [2.24, 2.45) is 0 Å². The molecule has 4 nitrogen and oxygen atoms in total. The lowest BCUT2D eigenvalue weighted by atomic mass is 10.0. The summed E-state index contributed by atoms with van der Waals surface area (Å²) in [4.78, 5) is 14.8. The second kappa shape index (κ2) is 4.84. The van der Waals surface area contributed by atoms with Gasteiger partial charge in [0.1, 0.15) is 5.82 Å². The van der Waals surface area contributed by atoms with Crippen LogP contribution in [-0.2, 0) is 0 Å². The first-order chi connectivity index (χ1) is 8.50. The predicted molar refractivity (Wildman–Crippen MR) is 71.1 cm³/mol. The van der Waals surface area contributed by atoms with Crippen molar-refractivity contribution >= 4 is 35.0 Å². The molecule has 0 bridgehead atoms. The second-order valence-electron chi connectivity index (χ2n) is 3.56. The molecule has 18 heavy (non-hydrogen) atoms. The first-order valence-corrected chi connectivity index (χ1v) is 5.69. The van der Waals surface area contributed by atoms with Crippen molar-refractivity contribution in [3.63, 3.8) is 0 Å². The molecule has 1 aromatic carbocycles. The predicted octanol–water partition coefficient (Wildman–Crippen LogP) is 3.34. The summed E-state index contributed by atoms with van der Waals surface area (Å²) in [5.74, 6) is -0.915. The molecule has 0 aliphatic heterocycles. The summed E-state index contributed by atoms with van der Waals surface area (Å²) in [6, 6.07) is 6.39. The Morgan fingerprint density at radius 2 is 1.89 bits per heavy atom. The third kappa shape index (κ3) is 2.25. The van der Waals surface area contributed by atoms with Crippen molar-refractivity contribution < 1.29 is 9.90 Å². The van der Waals surface area contributed by atoms with Crippen molar-refractivity contribution in [2.45, 2.75) is 0 Å². The minimum Gasteiger partial charge on any atom is -0.478 e. The van der Waals surface area contributed by atoms with Crippen molar-refractivity contribution in [2.75, 3.05) is 5.73 Å². The molecule has 2 aromatic rings. The summed E-state index contributed by atoms with van der Waals surface area (Å²) >= 11 is 12.1. The van der Waals surface area contributed by atoms with E-state index in [-0.39, 0.29) is 11.4 Å². The van der Waals surface area contributed by atoms with Gasteiger partial charge in [-0.1, -0.05) is 29.3 Å². The molecule has 0 atom stereocenters. The SMILES string of the molecule is Nc1ncc(C(=O)O)cc1-c1c(Cl)cccc1Cl. The van der Waals surface area contributed by atoms with Gasteiger partial charge in [0.05, 0.1) is 15.6 Å². The van der Waals surface area contributed by atoms with Gasteiger partial charge in [0.15, 0.2) is 0 Å². The number of halogens is 2. The summed E-state index contributed by atoms with van der Waals surface area (Å²) in [6.45, 7) is 0. The van der Waals surface area contributed by atoms with Crippen LogP contribution in [0, 0.1) is 0 Å². The molecule has 0 radical (unpaired) electrons. The molecule has 0 fully saturated rings. The highest BCUT2D eigenvalue weighted by Crippen LogP contribution is 2.37.